The van der Waals surface area contributed by atoms with Crippen LogP contribution in [-0.2, 0) is 14.4 Å². The Hall–Kier alpha value is 0.946. The standard InChI is InChI=1S/C9H16N2O2.C4H10O2.K/c1-2-13-8(12)7-3-9(6-11-7)4-10-5-9;1-4(2,3)6-5;/h7,10-11H,2-6H2,1H3;5H,1-3H3;/q;;+1/p-1. The van der Waals surface area contributed by atoms with Crippen molar-refractivity contribution in [1.29, 1.82) is 0 Å². The number of nitrogens with one attached hydrogen (secondary N) is 2. The molecule has 2 rings (SSSR count). The maximum absolute atomic E-state index is 11.4. The molecule has 0 aliphatic carbocycles. The van der Waals surface area contributed by atoms with E-state index < -0.39 is 5.60 Å². The van der Waals surface area contributed by atoms with Crippen molar-refractivity contribution in [2.45, 2.75) is 45.8 Å². The summed E-state index contributed by atoms with van der Waals surface area (Å²) in [6.45, 7) is 10.5. The van der Waals surface area contributed by atoms with Gasteiger partial charge in [0, 0.05) is 30.7 Å². The first-order chi connectivity index (χ1) is 8.82. The molecule has 0 aromatic heterocycles. The minimum atomic E-state index is -0.514. The van der Waals surface area contributed by atoms with Gasteiger partial charge in [-0.25, -0.2) is 0 Å². The molecule has 1 unspecified atom stereocenters. The van der Waals surface area contributed by atoms with Crippen LogP contribution < -0.4 is 67.3 Å². The molecular weight excluding hydrogens is 287 g/mol. The van der Waals surface area contributed by atoms with Crippen LogP contribution >= 0.6 is 0 Å². The van der Waals surface area contributed by atoms with Crippen LogP contribution in [0.3, 0.4) is 0 Å². The second-order valence-electron chi connectivity index (χ2n) is 6.19. The average molecular weight is 312 g/mol. The molecule has 6 nitrogen and oxygen atoms in total. The summed E-state index contributed by atoms with van der Waals surface area (Å²) in [6.07, 6.45) is 0.929. The summed E-state index contributed by atoms with van der Waals surface area (Å²) in [6, 6.07) is -0.0675. The Morgan fingerprint density at radius 1 is 1.35 bits per heavy atom. The van der Waals surface area contributed by atoms with Crippen LogP contribution in [0.4, 0.5) is 0 Å². The van der Waals surface area contributed by atoms with E-state index in [0.29, 0.717) is 12.0 Å². The van der Waals surface area contributed by atoms with E-state index in [1.54, 1.807) is 20.8 Å². The normalized spacial score (nSPS) is 23.1. The van der Waals surface area contributed by atoms with Crippen molar-refractivity contribution in [3.8, 4) is 0 Å². The van der Waals surface area contributed by atoms with Gasteiger partial charge >= 0.3 is 57.4 Å². The monoisotopic (exact) mass is 312 g/mol. The largest absolute Gasteiger partial charge is 1.00 e. The third-order valence-electron chi connectivity index (χ3n) is 3.18. The van der Waals surface area contributed by atoms with E-state index in [9.17, 15) is 10.1 Å². The molecule has 0 aromatic carbocycles. The molecule has 20 heavy (non-hydrogen) atoms. The molecule has 1 spiro atoms. The van der Waals surface area contributed by atoms with Gasteiger partial charge in [-0.15, -0.1) is 0 Å². The number of hydrogen-bond acceptors (Lipinski definition) is 6. The van der Waals surface area contributed by atoms with Crippen molar-refractivity contribution < 1.29 is 71.1 Å². The molecule has 2 fully saturated rings. The minimum absolute atomic E-state index is 0. The van der Waals surface area contributed by atoms with Crippen LogP contribution in [0.25, 0.3) is 0 Å². The molecule has 1 atom stereocenters. The zero-order valence-corrected chi connectivity index (χ0v) is 16.4. The summed E-state index contributed by atoms with van der Waals surface area (Å²) in [7, 11) is 0. The van der Waals surface area contributed by atoms with Crippen molar-refractivity contribution in [3.05, 3.63) is 0 Å². The number of ether oxygens (including phenoxy) is 1. The Kier molecular flexibility index (Phi) is 9.60. The predicted molar refractivity (Wildman–Crippen MR) is 69.2 cm³/mol. The second kappa shape index (κ2) is 9.17. The Labute approximate surface area is 163 Å². The first kappa shape index (κ1) is 20.9. The van der Waals surface area contributed by atoms with Gasteiger partial charge < -0.3 is 25.5 Å². The smallest absolute Gasteiger partial charge is 0.723 e. The third-order valence-corrected chi connectivity index (χ3v) is 3.18. The topological polar surface area (TPSA) is 82.6 Å². The maximum Gasteiger partial charge on any atom is 1.00 e. The van der Waals surface area contributed by atoms with Crippen molar-refractivity contribution >= 4 is 5.97 Å². The SMILES string of the molecule is CC(C)(C)O[O-].CCOC(=O)C1CC2(CNC2)CN1.[K+]. The number of carbonyl (C=O) groups excluding carboxylic acids is 1. The summed E-state index contributed by atoms with van der Waals surface area (Å²) in [5.41, 5.74) is -0.169. The summed E-state index contributed by atoms with van der Waals surface area (Å²) < 4.78 is 4.97. The molecule has 112 valence electrons. The summed E-state index contributed by atoms with van der Waals surface area (Å²) in [4.78, 5) is 15.1. The van der Waals surface area contributed by atoms with Crippen molar-refractivity contribution in [2.24, 2.45) is 5.41 Å². The van der Waals surface area contributed by atoms with Gasteiger partial charge in [-0.1, -0.05) is 0 Å². The number of rotatable bonds is 2. The molecule has 2 N–H and O–H groups in total. The predicted octanol–water partition coefficient (Wildman–Crippen LogP) is -3.42. The van der Waals surface area contributed by atoms with Crippen LogP contribution in [0.2, 0.25) is 0 Å². The number of esters is 1. The van der Waals surface area contributed by atoms with E-state index >= 15 is 0 Å². The fourth-order valence-corrected chi connectivity index (χ4v) is 2.07. The summed E-state index contributed by atoms with van der Waals surface area (Å²) >= 11 is 0. The molecule has 0 saturated carbocycles. The maximum atomic E-state index is 11.4. The van der Waals surface area contributed by atoms with Gasteiger partial charge in [0.2, 0.25) is 0 Å². The Morgan fingerprint density at radius 3 is 2.20 bits per heavy atom. The first-order valence-electron chi connectivity index (χ1n) is 6.74. The van der Waals surface area contributed by atoms with E-state index in [4.69, 9.17) is 4.74 Å². The molecule has 7 heteroatoms. The second-order valence-corrected chi connectivity index (χ2v) is 6.19. The van der Waals surface area contributed by atoms with Gasteiger partial charge in [-0.2, -0.15) is 0 Å². The Bertz CT molecular complexity index is 303. The summed E-state index contributed by atoms with van der Waals surface area (Å²) in [5.74, 6) is -0.0914. The quantitative estimate of drug-likeness (QED) is 0.239. The molecule has 0 aromatic rings. The van der Waals surface area contributed by atoms with Gasteiger partial charge in [0.25, 0.3) is 0 Å². The van der Waals surface area contributed by atoms with E-state index in [0.717, 1.165) is 26.1 Å². The van der Waals surface area contributed by atoms with E-state index in [-0.39, 0.29) is 63.4 Å². The molecule has 0 amide bonds. The molecular formula is C13H25KN2O4. The van der Waals surface area contributed by atoms with Gasteiger partial charge in [0.15, 0.2) is 0 Å². The van der Waals surface area contributed by atoms with Crippen LogP contribution in [-0.4, -0.2) is 43.9 Å². The average Bonchev–Trinajstić information content (AvgIpc) is 2.74. The minimum Gasteiger partial charge on any atom is -0.723 e. The van der Waals surface area contributed by atoms with Gasteiger partial charge in [0.05, 0.1) is 6.61 Å². The molecule has 2 aliphatic heterocycles. The van der Waals surface area contributed by atoms with E-state index in [1.165, 1.54) is 0 Å². The van der Waals surface area contributed by atoms with Crippen LogP contribution in [0, 0.1) is 5.41 Å². The van der Waals surface area contributed by atoms with Crippen molar-refractivity contribution in [1.82, 2.24) is 10.6 Å². The number of carbonyl (C=O) groups is 1. The van der Waals surface area contributed by atoms with Crippen molar-refractivity contribution in [3.63, 3.8) is 0 Å². The van der Waals surface area contributed by atoms with Gasteiger partial charge in [0.1, 0.15) is 6.04 Å². The zero-order chi connectivity index (χ0) is 14.5. The van der Waals surface area contributed by atoms with Crippen LogP contribution in [0.1, 0.15) is 34.1 Å². The third kappa shape index (κ3) is 6.80. The molecule has 2 heterocycles. The Morgan fingerprint density at radius 2 is 1.90 bits per heavy atom. The molecule has 2 aliphatic rings. The molecule has 0 bridgehead atoms. The first-order valence-corrected chi connectivity index (χ1v) is 6.74. The van der Waals surface area contributed by atoms with Crippen molar-refractivity contribution in [2.75, 3.05) is 26.2 Å². The fraction of sp³-hybridized carbons (Fsp3) is 0.923. The van der Waals surface area contributed by atoms with Crippen LogP contribution in [0.5, 0.6) is 0 Å². The zero-order valence-electron chi connectivity index (χ0n) is 13.2. The molecule has 0 radical (unpaired) electrons. The fourth-order valence-electron chi connectivity index (χ4n) is 2.07. The van der Waals surface area contributed by atoms with Gasteiger partial charge in [-0.3, -0.25) is 4.79 Å². The summed E-state index contributed by atoms with van der Waals surface area (Å²) in [5, 5.41) is 15.9. The van der Waals surface area contributed by atoms with E-state index in [2.05, 4.69) is 15.5 Å². The van der Waals surface area contributed by atoms with Gasteiger partial charge in [-0.05, 0) is 34.1 Å². The Balaban J connectivity index is 0.000000448. The van der Waals surface area contributed by atoms with Crippen LogP contribution in [0.15, 0.2) is 0 Å². The van der Waals surface area contributed by atoms with E-state index in [1.807, 2.05) is 6.92 Å². The number of hydrogen-bond donors (Lipinski definition) is 2. The molecule has 2 saturated heterocycles.